The highest BCUT2D eigenvalue weighted by atomic mass is 16.6. The van der Waals surface area contributed by atoms with E-state index in [9.17, 15) is 14.4 Å². The smallest absolute Gasteiger partial charge is 0.350 e. The lowest BCUT2D eigenvalue weighted by atomic mass is 9.77. The fraction of sp³-hybridized carbons (Fsp3) is 0.828. The van der Waals surface area contributed by atoms with E-state index in [0.717, 1.165) is 37.7 Å². The summed E-state index contributed by atoms with van der Waals surface area (Å²) in [6, 6.07) is 0. The van der Waals surface area contributed by atoms with Gasteiger partial charge in [-0.15, -0.1) is 0 Å². The average molecular weight is 495 g/mol. The molecule has 0 aromatic carbocycles. The first-order valence-corrected chi connectivity index (χ1v) is 13.9. The van der Waals surface area contributed by atoms with Gasteiger partial charge in [-0.05, 0) is 43.9 Å². The Morgan fingerprint density at radius 3 is 2.06 bits per heavy atom. The molecule has 6 nitrogen and oxygen atoms in total. The zero-order chi connectivity index (χ0) is 26.1. The van der Waals surface area contributed by atoms with Gasteiger partial charge in [0.05, 0.1) is 19.1 Å². The minimum Gasteiger partial charge on any atom is -0.465 e. The van der Waals surface area contributed by atoms with Crippen molar-refractivity contribution in [2.24, 2.45) is 17.8 Å². The van der Waals surface area contributed by atoms with E-state index in [2.05, 4.69) is 20.4 Å². The molecular formula is C29H50O6. The van der Waals surface area contributed by atoms with Crippen LogP contribution >= 0.6 is 0 Å². The SMILES string of the molecule is C=CC(=O)OC1(C(=O)OCCC(C)C)CCCC(C(=O)OCCCCCCCCCCC(C)C)C1. The molecule has 1 fully saturated rings. The molecule has 0 heterocycles. The second-order valence-corrected chi connectivity index (χ2v) is 10.9. The fourth-order valence-corrected chi connectivity index (χ4v) is 4.52. The molecule has 0 N–H and O–H groups in total. The molecule has 0 bridgehead atoms. The molecule has 202 valence electrons. The summed E-state index contributed by atoms with van der Waals surface area (Å²) in [4.78, 5) is 37.6. The van der Waals surface area contributed by atoms with Crippen LogP contribution in [0, 0.1) is 17.8 Å². The first-order chi connectivity index (χ1) is 16.7. The predicted octanol–water partition coefficient (Wildman–Crippen LogP) is 6.94. The third-order valence-electron chi connectivity index (χ3n) is 6.73. The van der Waals surface area contributed by atoms with Crippen LogP contribution in [0.15, 0.2) is 12.7 Å². The first kappa shape index (κ1) is 31.2. The maximum absolute atomic E-state index is 12.9. The van der Waals surface area contributed by atoms with Crippen LogP contribution in [0.3, 0.4) is 0 Å². The highest BCUT2D eigenvalue weighted by Crippen LogP contribution is 2.37. The van der Waals surface area contributed by atoms with Crippen LogP contribution in [0.1, 0.15) is 118 Å². The monoisotopic (exact) mass is 494 g/mol. The van der Waals surface area contributed by atoms with Gasteiger partial charge in [-0.3, -0.25) is 4.79 Å². The minimum absolute atomic E-state index is 0.0999. The molecule has 0 spiro atoms. The number of hydrogen-bond acceptors (Lipinski definition) is 6. The van der Waals surface area contributed by atoms with Crippen LogP contribution in [0.5, 0.6) is 0 Å². The van der Waals surface area contributed by atoms with Crippen LogP contribution in [0.25, 0.3) is 0 Å². The number of carbonyl (C=O) groups is 3. The van der Waals surface area contributed by atoms with Crippen molar-refractivity contribution in [2.45, 2.75) is 123 Å². The molecular weight excluding hydrogens is 444 g/mol. The molecule has 2 atom stereocenters. The summed E-state index contributed by atoms with van der Waals surface area (Å²) >= 11 is 0. The molecule has 0 aliphatic heterocycles. The average Bonchev–Trinajstić information content (AvgIpc) is 2.81. The molecule has 6 heteroatoms. The van der Waals surface area contributed by atoms with E-state index >= 15 is 0 Å². The quantitative estimate of drug-likeness (QED) is 0.0888. The molecule has 0 amide bonds. The maximum atomic E-state index is 12.9. The van der Waals surface area contributed by atoms with Gasteiger partial charge in [-0.25, -0.2) is 9.59 Å². The number of hydrogen-bond donors (Lipinski definition) is 0. The van der Waals surface area contributed by atoms with E-state index in [4.69, 9.17) is 14.2 Å². The van der Waals surface area contributed by atoms with Gasteiger partial charge in [-0.1, -0.05) is 85.6 Å². The number of rotatable bonds is 18. The van der Waals surface area contributed by atoms with Crippen molar-refractivity contribution in [1.29, 1.82) is 0 Å². The van der Waals surface area contributed by atoms with Gasteiger partial charge in [0.1, 0.15) is 0 Å². The predicted molar refractivity (Wildman–Crippen MR) is 139 cm³/mol. The molecule has 0 aromatic rings. The van der Waals surface area contributed by atoms with E-state index in [1.54, 1.807) is 0 Å². The molecule has 0 radical (unpaired) electrons. The van der Waals surface area contributed by atoms with Gasteiger partial charge in [0.2, 0.25) is 5.60 Å². The highest BCUT2D eigenvalue weighted by molar-refractivity contribution is 5.88. The molecule has 2 unspecified atom stereocenters. The molecule has 1 aliphatic carbocycles. The summed E-state index contributed by atoms with van der Waals surface area (Å²) in [5.41, 5.74) is -1.45. The number of unbranched alkanes of at least 4 members (excludes halogenated alkanes) is 7. The Hall–Kier alpha value is -1.85. The first-order valence-electron chi connectivity index (χ1n) is 13.9. The van der Waals surface area contributed by atoms with E-state index in [1.807, 2.05) is 13.8 Å². The van der Waals surface area contributed by atoms with Gasteiger partial charge in [-0.2, -0.15) is 0 Å². The van der Waals surface area contributed by atoms with Crippen LogP contribution in [0.2, 0.25) is 0 Å². The van der Waals surface area contributed by atoms with Crippen molar-refractivity contribution in [3.05, 3.63) is 12.7 Å². The van der Waals surface area contributed by atoms with E-state index in [0.29, 0.717) is 31.8 Å². The molecule has 1 aliphatic rings. The van der Waals surface area contributed by atoms with Crippen LogP contribution < -0.4 is 0 Å². The van der Waals surface area contributed by atoms with Gasteiger partial charge >= 0.3 is 17.9 Å². The van der Waals surface area contributed by atoms with Gasteiger partial charge < -0.3 is 14.2 Å². The van der Waals surface area contributed by atoms with Crippen molar-refractivity contribution in [2.75, 3.05) is 13.2 Å². The van der Waals surface area contributed by atoms with E-state index in [-0.39, 0.29) is 19.0 Å². The second-order valence-electron chi connectivity index (χ2n) is 10.9. The van der Waals surface area contributed by atoms with E-state index in [1.165, 1.54) is 38.5 Å². The molecule has 35 heavy (non-hydrogen) atoms. The summed E-state index contributed by atoms with van der Waals surface area (Å²) in [5, 5.41) is 0. The Morgan fingerprint density at radius 1 is 0.857 bits per heavy atom. The summed E-state index contributed by atoms with van der Waals surface area (Å²) in [6.45, 7) is 12.7. The molecule has 1 saturated carbocycles. The zero-order valence-corrected chi connectivity index (χ0v) is 22.8. The minimum atomic E-state index is -1.45. The molecule has 0 aromatic heterocycles. The van der Waals surface area contributed by atoms with Crippen LogP contribution in [-0.2, 0) is 28.6 Å². The molecule has 0 saturated heterocycles. The van der Waals surface area contributed by atoms with Gasteiger partial charge in [0.25, 0.3) is 0 Å². The Morgan fingerprint density at radius 2 is 1.46 bits per heavy atom. The van der Waals surface area contributed by atoms with Gasteiger partial charge in [0.15, 0.2) is 0 Å². The second kappa shape index (κ2) is 17.6. The summed E-state index contributed by atoms with van der Waals surface area (Å²) in [5.74, 6) is -0.866. The lowest BCUT2D eigenvalue weighted by Gasteiger charge is -2.37. The number of ether oxygens (including phenoxy) is 3. The van der Waals surface area contributed by atoms with Crippen molar-refractivity contribution in [3.8, 4) is 0 Å². The number of carbonyl (C=O) groups excluding carboxylic acids is 3. The van der Waals surface area contributed by atoms with Crippen molar-refractivity contribution in [3.63, 3.8) is 0 Å². The Labute approximate surface area is 213 Å². The molecule has 1 rings (SSSR count). The third kappa shape index (κ3) is 13.1. The Bertz CT molecular complexity index is 641. The van der Waals surface area contributed by atoms with Gasteiger partial charge in [0, 0.05) is 12.5 Å². The summed E-state index contributed by atoms with van der Waals surface area (Å²) in [7, 11) is 0. The topological polar surface area (TPSA) is 78.9 Å². The van der Waals surface area contributed by atoms with Crippen molar-refractivity contribution in [1.82, 2.24) is 0 Å². The largest absolute Gasteiger partial charge is 0.465 e. The Balaban J connectivity index is 2.40. The standard InChI is InChI=1S/C29H50O6/c1-6-26(30)35-29(28(32)34-21-18-24(4)5)19-15-17-25(22-29)27(31)33-20-14-12-10-8-7-9-11-13-16-23(2)3/h6,23-25H,1,7-22H2,2-5H3. The lowest BCUT2D eigenvalue weighted by Crippen LogP contribution is -2.49. The van der Waals surface area contributed by atoms with E-state index < -0.39 is 23.5 Å². The number of esters is 3. The Kier molecular flexibility index (Phi) is 15.6. The van der Waals surface area contributed by atoms with Crippen LogP contribution in [0.4, 0.5) is 0 Å². The summed E-state index contributed by atoms with van der Waals surface area (Å²) < 4.78 is 16.5. The lowest BCUT2D eigenvalue weighted by molar-refractivity contribution is -0.188. The van der Waals surface area contributed by atoms with Crippen molar-refractivity contribution < 1.29 is 28.6 Å². The van der Waals surface area contributed by atoms with Crippen LogP contribution in [-0.4, -0.2) is 36.7 Å². The van der Waals surface area contributed by atoms with Crippen molar-refractivity contribution >= 4 is 17.9 Å². The third-order valence-corrected chi connectivity index (χ3v) is 6.73. The summed E-state index contributed by atoms with van der Waals surface area (Å²) in [6.07, 6.45) is 14.3. The fourth-order valence-electron chi connectivity index (χ4n) is 4.52. The highest BCUT2D eigenvalue weighted by Gasteiger charge is 2.49. The zero-order valence-electron chi connectivity index (χ0n) is 22.8. The maximum Gasteiger partial charge on any atom is 0.350 e. The normalized spacial score (nSPS) is 20.0.